The third-order valence-corrected chi connectivity index (χ3v) is 6.23. The number of carbonyl (C=O) groups is 2. The van der Waals surface area contributed by atoms with Crippen molar-refractivity contribution in [1.29, 1.82) is 0 Å². The van der Waals surface area contributed by atoms with Crippen molar-refractivity contribution in [3.05, 3.63) is 54.5 Å². The molecule has 2 N–H and O–H groups in total. The largest absolute Gasteiger partial charge is 0.325 e. The Labute approximate surface area is 208 Å². The number of anilines is 2. The van der Waals surface area contributed by atoms with E-state index in [0.29, 0.717) is 45.7 Å². The van der Waals surface area contributed by atoms with E-state index >= 15 is 0 Å². The number of rotatable bonds is 7. The van der Waals surface area contributed by atoms with Gasteiger partial charge in [-0.1, -0.05) is 13.8 Å². The number of nitrogens with one attached hydrogen (secondary N) is 2. The maximum atomic E-state index is 13.1. The third-order valence-electron chi connectivity index (χ3n) is 6.23. The molecule has 4 aromatic rings. The van der Waals surface area contributed by atoms with Crippen molar-refractivity contribution in [2.75, 3.05) is 30.3 Å². The highest BCUT2D eigenvalue weighted by Gasteiger charge is 2.33. The van der Waals surface area contributed by atoms with E-state index in [9.17, 15) is 9.59 Å². The van der Waals surface area contributed by atoms with Gasteiger partial charge < -0.3 is 15.5 Å². The lowest BCUT2D eigenvalue weighted by Crippen LogP contribution is -2.53. The Balaban J connectivity index is 1.25. The lowest BCUT2D eigenvalue weighted by molar-refractivity contribution is -0.117. The molecule has 186 valence electrons. The average molecular weight is 488 g/mol. The number of amides is 2. The number of likely N-dealkylation sites (tertiary alicyclic amines) is 1. The van der Waals surface area contributed by atoms with Gasteiger partial charge in [0.05, 0.1) is 64.8 Å². The molecule has 36 heavy (non-hydrogen) atoms. The molecule has 0 unspecified atom stereocenters. The van der Waals surface area contributed by atoms with Crippen LogP contribution in [0, 0.1) is 12.3 Å². The molecule has 11 nitrogen and oxygen atoms in total. The number of fused-ring (bicyclic) bond motifs is 1. The first-order valence-corrected chi connectivity index (χ1v) is 11.8. The Kier molecular flexibility index (Phi) is 6.00. The molecular weight excluding hydrogens is 458 g/mol. The highest BCUT2D eigenvalue weighted by Crippen LogP contribution is 2.28. The second kappa shape index (κ2) is 9.15. The molecule has 1 aliphatic heterocycles. The molecule has 1 saturated heterocycles. The fraction of sp³-hybridized carbons (Fsp3) is 0.360. The van der Waals surface area contributed by atoms with Gasteiger partial charge >= 0.3 is 0 Å². The highest BCUT2D eigenvalue weighted by atomic mass is 16.2. The minimum absolute atomic E-state index is 0.0826. The van der Waals surface area contributed by atoms with Crippen molar-refractivity contribution in [3.8, 4) is 11.3 Å². The first-order chi connectivity index (χ1) is 17.2. The Hall–Kier alpha value is -4.12. The van der Waals surface area contributed by atoms with E-state index in [0.717, 1.165) is 25.2 Å². The molecule has 0 saturated carbocycles. The Morgan fingerprint density at radius 3 is 2.56 bits per heavy atom. The third kappa shape index (κ3) is 4.96. The van der Waals surface area contributed by atoms with Gasteiger partial charge in [-0.25, -0.2) is 4.52 Å². The van der Waals surface area contributed by atoms with Gasteiger partial charge in [-0.3, -0.25) is 24.2 Å². The molecule has 0 aliphatic carbocycles. The summed E-state index contributed by atoms with van der Waals surface area (Å²) in [5.74, 6) is -0.421. The molecule has 4 aromatic heterocycles. The van der Waals surface area contributed by atoms with Crippen molar-refractivity contribution >= 4 is 28.7 Å². The molecule has 5 heterocycles. The number of nitrogens with zero attached hydrogens (tertiary/aromatic N) is 7. The standard InChI is InChI=1S/C25H29N9O2/c1-16-20(7-18(9-26-16)30-23(35)5-6-33-14-25(2,3)15-33)31-24(36)19-10-29-34-13-21(27-11-22(19)34)17-8-28-32(4)12-17/h7-13H,5-6,14-15H2,1-4H3,(H,30,35)(H,31,36). The second-order valence-electron chi connectivity index (χ2n) is 10.0. The van der Waals surface area contributed by atoms with Crippen molar-refractivity contribution in [2.45, 2.75) is 27.2 Å². The number of hydrogen-bond donors (Lipinski definition) is 2. The van der Waals surface area contributed by atoms with Crippen molar-refractivity contribution in [2.24, 2.45) is 12.5 Å². The number of aromatic nitrogens is 6. The summed E-state index contributed by atoms with van der Waals surface area (Å²) in [6.07, 6.45) is 10.5. The molecule has 1 aliphatic rings. The number of pyridine rings is 1. The fourth-order valence-corrected chi connectivity index (χ4v) is 4.48. The van der Waals surface area contributed by atoms with Crippen LogP contribution in [-0.4, -0.2) is 65.7 Å². The first kappa shape index (κ1) is 23.6. The Morgan fingerprint density at radius 2 is 1.83 bits per heavy atom. The zero-order valence-corrected chi connectivity index (χ0v) is 20.8. The number of hydrogen-bond acceptors (Lipinski definition) is 7. The molecule has 0 radical (unpaired) electrons. The molecule has 5 rings (SSSR count). The Morgan fingerprint density at radius 1 is 1.03 bits per heavy atom. The van der Waals surface area contributed by atoms with E-state index in [4.69, 9.17) is 0 Å². The lowest BCUT2D eigenvalue weighted by Gasteiger charge is -2.45. The van der Waals surface area contributed by atoms with E-state index in [1.807, 2.05) is 13.2 Å². The van der Waals surface area contributed by atoms with E-state index in [-0.39, 0.29) is 11.8 Å². The van der Waals surface area contributed by atoms with Gasteiger partial charge in [0.15, 0.2) is 0 Å². The van der Waals surface area contributed by atoms with Gasteiger partial charge in [0.25, 0.3) is 5.91 Å². The zero-order chi connectivity index (χ0) is 25.4. The summed E-state index contributed by atoms with van der Waals surface area (Å²) in [7, 11) is 1.84. The summed E-state index contributed by atoms with van der Waals surface area (Å²) in [6.45, 7) is 8.98. The molecule has 2 amide bonds. The first-order valence-electron chi connectivity index (χ1n) is 11.8. The van der Waals surface area contributed by atoms with E-state index in [1.165, 1.54) is 6.20 Å². The smallest absolute Gasteiger partial charge is 0.259 e. The summed E-state index contributed by atoms with van der Waals surface area (Å²) in [4.78, 5) is 36.6. The fourth-order valence-electron chi connectivity index (χ4n) is 4.48. The van der Waals surface area contributed by atoms with Crippen LogP contribution in [0.5, 0.6) is 0 Å². The summed E-state index contributed by atoms with van der Waals surface area (Å²) in [5, 5.41) is 14.3. The van der Waals surface area contributed by atoms with Crippen LogP contribution in [-0.2, 0) is 11.8 Å². The maximum Gasteiger partial charge on any atom is 0.259 e. The molecule has 11 heteroatoms. The predicted octanol–water partition coefficient (Wildman–Crippen LogP) is 2.76. The van der Waals surface area contributed by atoms with Crippen LogP contribution in [0.3, 0.4) is 0 Å². The van der Waals surface area contributed by atoms with Crippen LogP contribution in [0.15, 0.2) is 43.2 Å². The van der Waals surface area contributed by atoms with Gasteiger partial charge in [-0.15, -0.1) is 0 Å². The second-order valence-corrected chi connectivity index (χ2v) is 10.0. The average Bonchev–Trinajstić information content (AvgIpc) is 3.44. The van der Waals surface area contributed by atoms with Gasteiger partial charge in [-0.2, -0.15) is 10.2 Å². The van der Waals surface area contributed by atoms with Crippen LogP contribution in [0.25, 0.3) is 16.8 Å². The van der Waals surface area contributed by atoms with Crippen LogP contribution in [0.1, 0.15) is 36.3 Å². The van der Waals surface area contributed by atoms with Crippen molar-refractivity contribution in [1.82, 2.24) is 34.3 Å². The normalized spacial score (nSPS) is 15.0. The molecule has 0 spiro atoms. The highest BCUT2D eigenvalue weighted by molar-refractivity contribution is 6.09. The summed E-state index contributed by atoms with van der Waals surface area (Å²) >= 11 is 0. The van der Waals surface area contributed by atoms with E-state index in [1.54, 1.807) is 47.0 Å². The molecule has 0 atom stereocenters. The van der Waals surface area contributed by atoms with Gasteiger partial charge in [0.2, 0.25) is 5.91 Å². The number of carbonyl (C=O) groups excluding carboxylic acids is 2. The van der Waals surface area contributed by atoms with Crippen molar-refractivity contribution in [3.63, 3.8) is 0 Å². The predicted molar refractivity (Wildman–Crippen MR) is 136 cm³/mol. The SMILES string of the molecule is Cc1ncc(NC(=O)CCN2CC(C)(C)C2)cc1NC(=O)c1cnn2cc(-c3cnn(C)c3)ncc12. The van der Waals surface area contributed by atoms with Crippen LogP contribution >= 0.6 is 0 Å². The molecule has 1 fully saturated rings. The minimum Gasteiger partial charge on any atom is -0.325 e. The lowest BCUT2D eigenvalue weighted by atomic mass is 9.84. The van der Waals surface area contributed by atoms with E-state index in [2.05, 4.69) is 49.5 Å². The molecule has 0 bridgehead atoms. The van der Waals surface area contributed by atoms with Crippen LogP contribution in [0.4, 0.5) is 11.4 Å². The van der Waals surface area contributed by atoms with Crippen LogP contribution < -0.4 is 10.6 Å². The van der Waals surface area contributed by atoms with Crippen molar-refractivity contribution < 1.29 is 9.59 Å². The van der Waals surface area contributed by atoms with Gasteiger partial charge in [-0.05, 0) is 18.4 Å². The molecular formula is C25H29N9O2. The summed E-state index contributed by atoms with van der Waals surface area (Å²) in [6, 6.07) is 1.72. The summed E-state index contributed by atoms with van der Waals surface area (Å²) in [5.41, 5.74) is 4.54. The van der Waals surface area contributed by atoms with Crippen LogP contribution in [0.2, 0.25) is 0 Å². The number of aryl methyl sites for hydroxylation is 2. The molecule has 0 aromatic carbocycles. The Bertz CT molecular complexity index is 1450. The monoisotopic (exact) mass is 487 g/mol. The van der Waals surface area contributed by atoms with Gasteiger partial charge in [0, 0.05) is 44.9 Å². The minimum atomic E-state index is -0.338. The quantitative estimate of drug-likeness (QED) is 0.411. The zero-order valence-electron chi connectivity index (χ0n) is 20.8. The summed E-state index contributed by atoms with van der Waals surface area (Å²) < 4.78 is 3.31. The van der Waals surface area contributed by atoms with Gasteiger partial charge in [0.1, 0.15) is 0 Å². The maximum absolute atomic E-state index is 13.1. The van der Waals surface area contributed by atoms with E-state index < -0.39 is 0 Å². The topological polar surface area (TPSA) is 122 Å².